The summed E-state index contributed by atoms with van der Waals surface area (Å²) in [7, 11) is 0. The van der Waals surface area contributed by atoms with Crippen LogP contribution in [-0.4, -0.2) is 23.5 Å². The predicted octanol–water partition coefficient (Wildman–Crippen LogP) is 5.49. The molecule has 0 saturated heterocycles. The van der Waals surface area contributed by atoms with E-state index >= 15 is 0 Å². The van der Waals surface area contributed by atoms with Crippen LogP contribution in [0.2, 0.25) is 5.02 Å². The van der Waals surface area contributed by atoms with Crippen LogP contribution in [0.3, 0.4) is 0 Å². The average Bonchev–Trinajstić information content (AvgIpc) is 3.53. The molecule has 9 heteroatoms. The molecule has 0 aliphatic carbocycles. The summed E-state index contributed by atoms with van der Waals surface area (Å²) in [4.78, 5) is 27.5. The molecule has 7 nitrogen and oxygen atoms in total. The molecule has 0 radical (unpaired) electrons. The van der Waals surface area contributed by atoms with Gasteiger partial charge in [-0.15, -0.1) is 0 Å². The Hall–Kier alpha value is -3.91. The number of aromatic nitrogens is 1. The monoisotopic (exact) mass is 465 g/mol. The Bertz CT molecular complexity index is 1360. The van der Waals surface area contributed by atoms with Gasteiger partial charge in [-0.25, -0.2) is 4.39 Å². The number of carbonyl (C=O) groups is 2. The molecular formula is C24H17ClFN3O4. The molecule has 0 unspecified atom stereocenters. The second-order valence-electron chi connectivity index (χ2n) is 7.58. The molecule has 2 aromatic carbocycles. The standard InChI is InChI=1S/C24H17ClFN3O4/c1-13-20(22(28-33-13)21-17(25)3-2-4-18(21)26)23(30)27-16-5-6-19-14(11-16)7-9-29(19)24(31)15-8-10-32-12-15/h2-6,8,10-12H,7,9H2,1H3,(H,27,30). The second-order valence-corrected chi connectivity index (χ2v) is 7.98. The van der Waals surface area contributed by atoms with Crippen LogP contribution in [0.1, 0.15) is 32.0 Å². The minimum absolute atomic E-state index is 0.00326. The third-order valence-electron chi connectivity index (χ3n) is 5.54. The lowest BCUT2D eigenvalue weighted by Crippen LogP contribution is -2.28. The average molecular weight is 466 g/mol. The lowest BCUT2D eigenvalue weighted by Gasteiger charge is -2.16. The van der Waals surface area contributed by atoms with E-state index in [9.17, 15) is 14.0 Å². The van der Waals surface area contributed by atoms with Crippen LogP contribution in [0.5, 0.6) is 0 Å². The van der Waals surface area contributed by atoms with Crippen molar-refractivity contribution in [3.63, 3.8) is 0 Å². The van der Waals surface area contributed by atoms with E-state index in [1.165, 1.54) is 30.7 Å². The number of furan rings is 1. The molecule has 2 amide bonds. The van der Waals surface area contributed by atoms with Crippen LogP contribution in [0.4, 0.5) is 15.8 Å². The van der Waals surface area contributed by atoms with Crippen LogP contribution in [0.15, 0.2) is 63.9 Å². The van der Waals surface area contributed by atoms with Gasteiger partial charge in [0, 0.05) is 17.9 Å². The Labute approximate surface area is 192 Å². The maximum absolute atomic E-state index is 14.4. The van der Waals surface area contributed by atoms with Crippen LogP contribution >= 0.6 is 11.6 Å². The number of benzene rings is 2. The Morgan fingerprint density at radius 3 is 2.82 bits per heavy atom. The van der Waals surface area contributed by atoms with Crippen LogP contribution < -0.4 is 10.2 Å². The fourth-order valence-electron chi connectivity index (χ4n) is 3.96. The highest BCUT2D eigenvalue weighted by Crippen LogP contribution is 2.35. The molecule has 2 aromatic heterocycles. The molecule has 4 aromatic rings. The smallest absolute Gasteiger partial charge is 0.261 e. The van der Waals surface area contributed by atoms with Gasteiger partial charge in [0.1, 0.15) is 29.1 Å². The molecule has 33 heavy (non-hydrogen) atoms. The van der Waals surface area contributed by atoms with Gasteiger partial charge in [0.2, 0.25) is 0 Å². The van der Waals surface area contributed by atoms with Crippen molar-refractivity contribution in [2.75, 3.05) is 16.8 Å². The number of anilines is 2. The normalized spacial score (nSPS) is 12.6. The summed E-state index contributed by atoms with van der Waals surface area (Å²) in [5.74, 6) is -1.03. The van der Waals surface area contributed by atoms with E-state index in [1.807, 2.05) is 6.07 Å². The topological polar surface area (TPSA) is 88.6 Å². The van der Waals surface area contributed by atoms with Crippen LogP contribution in [0.25, 0.3) is 11.3 Å². The summed E-state index contributed by atoms with van der Waals surface area (Å²) in [6, 6.07) is 11.1. The first kappa shape index (κ1) is 21.0. The first-order valence-electron chi connectivity index (χ1n) is 10.1. The predicted molar refractivity (Wildman–Crippen MR) is 120 cm³/mol. The third-order valence-corrected chi connectivity index (χ3v) is 5.85. The molecular weight excluding hydrogens is 449 g/mol. The third kappa shape index (κ3) is 3.68. The molecule has 1 N–H and O–H groups in total. The van der Waals surface area contributed by atoms with Crippen molar-refractivity contribution in [2.45, 2.75) is 13.3 Å². The maximum atomic E-state index is 14.4. The largest absolute Gasteiger partial charge is 0.472 e. The lowest BCUT2D eigenvalue weighted by molar-refractivity contribution is 0.0986. The Balaban J connectivity index is 1.41. The van der Waals surface area contributed by atoms with E-state index in [4.69, 9.17) is 20.5 Å². The molecule has 0 saturated carbocycles. The van der Waals surface area contributed by atoms with E-state index < -0.39 is 11.7 Å². The quantitative estimate of drug-likeness (QED) is 0.430. The van der Waals surface area contributed by atoms with Crippen molar-refractivity contribution >= 4 is 34.8 Å². The number of fused-ring (bicyclic) bond motifs is 1. The van der Waals surface area contributed by atoms with Crippen LogP contribution in [0, 0.1) is 12.7 Å². The van der Waals surface area contributed by atoms with Crippen molar-refractivity contribution in [2.24, 2.45) is 0 Å². The second kappa shape index (κ2) is 8.22. The number of halogens is 2. The number of nitrogens with zero attached hydrogens (tertiary/aromatic N) is 2. The van der Waals surface area contributed by atoms with Gasteiger partial charge in [0.05, 0.1) is 22.4 Å². The molecule has 3 heterocycles. The van der Waals surface area contributed by atoms with Crippen molar-refractivity contribution in [3.05, 3.63) is 88.3 Å². The molecule has 1 aliphatic rings. The fraction of sp³-hybridized carbons (Fsp3) is 0.125. The first-order chi connectivity index (χ1) is 15.9. The van der Waals surface area contributed by atoms with Crippen molar-refractivity contribution < 1.29 is 22.9 Å². The highest BCUT2D eigenvalue weighted by molar-refractivity contribution is 6.33. The number of amides is 2. The van der Waals surface area contributed by atoms with Gasteiger partial charge in [0.15, 0.2) is 0 Å². The zero-order chi connectivity index (χ0) is 23.1. The summed E-state index contributed by atoms with van der Waals surface area (Å²) in [6.07, 6.45) is 3.51. The molecule has 166 valence electrons. The zero-order valence-corrected chi connectivity index (χ0v) is 18.1. The summed E-state index contributed by atoms with van der Waals surface area (Å²) in [5, 5.41) is 6.80. The van der Waals surface area contributed by atoms with Gasteiger partial charge in [-0.3, -0.25) is 9.59 Å². The van der Waals surface area contributed by atoms with Gasteiger partial charge in [0.25, 0.3) is 11.8 Å². The number of aryl methyl sites for hydroxylation is 1. The summed E-state index contributed by atoms with van der Waals surface area (Å²) in [5.41, 5.74) is 2.84. The van der Waals surface area contributed by atoms with Gasteiger partial charge in [-0.1, -0.05) is 22.8 Å². The number of hydrogen-bond donors (Lipinski definition) is 1. The molecule has 0 bridgehead atoms. The molecule has 0 spiro atoms. The van der Waals surface area contributed by atoms with Crippen LogP contribution in [-0.2, 0) is 6.42 Å². The summed E-state index contributed by atoms with van der Waals surface area (Å²) < 4.78 is 24.6. The number of hydrogen-bond acceptors (Lipinski definition) is 5. The highest BCUT2D eigenvalue weighted by Gasteiger charge is 2.28. The van der Waals surface area contributed by atoms with Gasteiger partial charge in [-0.2, -0.15) is 0 Å². The number of rotatable bonds is 4. The van der Waals surface area contributed by atoms with E-state index in [-0.39, 0.29) is 33.5 Å². The van der Waals surface area contributed by atoms with E-state index in [0.29, 0.717) is 24.2 Å². The van der Waals surface area contributed by atoms with Gasteiger partial charge >= 0.3 is 0 Å². The Morgan fingerprint density at radius 2 is 2.06 bits per heavy atom. The summed E-state index contributed by atoms with van der Waals surface area (Å²) in [6.45, 7) is 2.10. The van der Waals surface area contributed by atoms with Gasteiger partial charge < -0.3 is 19.2 Å². The number of carbonyl (C=O) groups excluding carboxylic acids is 2. The van der Waals surface area contributed by atoms with Crippen molar-refractivity contribution in [1.82, 2.24) is 5.16 Å². The van der Waals surface area contributed by atoms with Crippen molar-refractivity contribution in [1.29, 1.82) is 0 Å². The minimum atomic E-state index is -0.607. The highest BCUT2D eigenvalue weighted by atomic mass is 35.5. The van der Waals surface area contributed by atoms with E-state index in [1.54, 1.807) is 30.0 Å². The van der Waals surface area contributed by atoms with E-state index in [2.05, 4.69) is 10.5 Å². The Kier molecular flexibility index (Phi) is 5.22. The number of nitrogens with one attached hydrogen (secondary N) is 1. The van der Waals surface area contributed by atoms with Crippen molar-refractivity contribution in [3.8, 4) is 11.3 Å². The van der Waals surface area contributed by atoms with Gasteiger partial charge in [-0.05, 0) is 55.3 Å². The fourth-order valence-corrected chi connectivity index (χ4v) is 4.21. The minimum Gasteiger partial charge on any atom is -0.472 e. The SMILES string of the molecule is Cc1onc(-c2c(F)cccc2Cl)c1C(=O)Nc1ccc2c(c1)CCN2C(=O)c1ccoc1. The first-order valence-corrected chi connectivity index (χ1v) is 10.5. The molecule has 5 rings (SSSR count). The summed E-state index contributed by atoms with van der Waals surface area (Å²) >= 11 is 6.16. The lowest BCUT2D eigenvalue weighted by atomic mass is 10.0. The van der Waals surface area contributed by atoms with E-state index in [0.717, 1.165) is 11.3 Å². The maximum Gasteiger partial charge on any atom is 0.261 e. The zero-order valence-electron chi connectivity index (χ0n) is 17.4. The molecule has 0 atom stereocenters. The Morgan fingerprint density at radius 1 is 1.21 bits per heavy atom. The molecule has 1 aliphatic heterocycles. The molecule has 0 fully saturated rings.